The van der Waals surface area contributed by atoms with E-state index in [1.54, 1.807) is 0 Å². The van der Waals surface area contributed by atoms with Gasteiger partial charge in [0.15, 0.2) is 0 Å². The van der Waals surface area contributed by atoms with Gasteiger partial charge in [0, 0.05) is 6.54 Å². The van der Waals surface area contributed by atoms with Gasteiger partial charge in [-0.3, -0.25) is 0 Å². The summed E-state index contributed by atoms with van der Waals surface area (Å²) in [4.78, 5) is 2.28. The first-order chi connectivity index (χ1) is 9.05. The second-order valence-electron chi connectivity index (χ2n) is 6.73. The van der Waals surface area contributed by atoms with E-state index in [0.29, 0.717) is 0 Å². The van der Waals surface area contributed by atoms with Crippen LogP contribution in [-0.2, 0) is 0 Å². The molecule has 1 saturated heterocycles. The first kappa shape index (κ1) is 14.8. The Morgan fingerprint density at radius 3 is 2.47 bits per heavy atom. The highest BCUT2D eigenvalue weighted by atomic mass is 16.3. The number of likely N-dealkylation sites (tertiary alicyclic amines) is 1. The van der Waals surface area contributed by atoms with Crippen molar-refractivity contribution in [2.24, 2.45) is 11.3 Å². The third-order valence-electron chi connectivity index (χ3n) is 5.68. The van der Waals surface area contributed by atoms with Crippen LogP contribution in [0.3, 0.4) is 0 Å². The Kier molecular flexibility index (Phi) is 4.53. The number of hydrogen-bond acceptors (Lipinski definition) is 3. The summed E-state index contributed by atoms with van der Waals surface area (Å²) in [5, 5.41) is 20.9. The lowest BCUT2D eigenvalue weighted by Crippen LogP contribution is -2.50. The maximum absolute atomic E-state index is 11.2. The summed E-state index contributed by atoms with van der Waals surface area (Å²) in [5.74, 6) is 0.763. The second kappa shape index (κ2) is 5.81. The molecular formula is C16H28N2O. The number of nitrogens with zero attached hydrogens (tertiary/aromatic N) is 2. The normalized spacial score (nSPS) is 41.5. The summed E-state index contributed by atoms with van der Waals surface area (Å²) < 4.78 is 0. The van der Waals surface area contributed by atoms with Gasteiger partial charge < -0.3 is 10.0 Å². The molecule has 2 aliphatic rings. The van der Waals surface area contributed by atoms with Crippen LogP contribution in [0.4, 0.5) is 0 Å². The van der Waals surface area contributed by atoms with E-state index in [-0.39, 0.29) is 0 Å². The van der Waals surface area contributed by atoms with Crippen molar-refractivity contribution >= 4 is 0 Å². The van der Waals surface area contributed by atoms with Gasteiger partial charge in [0.05, 0.1) is 17.1 Å². The number of hydrogen-bond donors (Lipinski definition) is 1. The molecule has 0 aromatic carbocycles. The molecule has 1 atom stereocenters. The Morgan fingerprint density at radius 1 is 1.21 bits per heavy atom. The summed E-state index contributed by atoms with van der Waals surface area (Å²) in [6.07, 6.45) is 7.78. The predicted molar refractivity (Wildman–Crippen MR) is 76.6 cm³/mol. The van der Waals surface area contributed by atoms with Crippen LogP contribution < -0.4 is 0 Å². The monoisotopic (exact) mass is 264 g/mol. The van der Waals surface area contributed by atoms with Crippen LogP contribution in [-0.4, -0.2) is 35.7 Å². The lowest BCUT2D eigenvalue weighted by Gasteiger charge is -2.46. The Bertz CT molecular complexity index is 341. The third kappa shape index (κ3) is 2.80. The first-order valence-corrected chi connectivity index (χ1v) is 7.87. The third-order valence-corrected chi connectivity index (χ3v) is 5.68. The average molecular weight is 264 g/mol. The molecule has 0 aromatic rings. The van der Waals surface area contributed by atoms with Crippen LogP contribution >= 0.6 is 0 Å². The molecule has 19 heavy (non-hydrogen) atoms. The molecule has 108 valence electrons. The maximum atomic E-state index is 11.2. The van der Waals surface area contributed by atoms with E-state index in [0.717, 1.165) is 64.0 Å². The van der Waals surface area contributed by atoms with Crippen LogP contribution in [0.25, 0.3) is 0 Å². The van der Waals surface area contributed by atoms with Gasteiger partial charge in [0.2, 0.25) is 0 Å². The molecule has 0 aromatic heterocycles. The van der Waals surface area contributed by atoms with Gasteiger partial charge in [-0.2, -0.15) is 5.26 Å². The Morgan fingerprint density at radius 2 is 1.89 bits per heavy atom. The SMILES string of the molecule is CCC1CCC(C#N)(C2(O)CCCN(C)CC2)CC1. The minimum Gasteiger partial charge on any atom is -0.388 e. The molecule has 1 aliphatic carbocycles. The Hall–Kier alpha value is -0.590. The summed E-state index contributed by atoms with van der Waals surface area (Å²) in [6, 6.07) is 2.55. The number of nitriles is 1. The van der Waals surface area contributed by atoms with Gasteiger partial charge >= 0.3 is 0 Å². The second-order valence-corrected chi connectivity index (χ2v) is 6.73. The van der Waals surface area contributed by atoms with E-state index >= 15 is 0 Å². The van der Waals surface area contributed by atoms with Crippen molar-refractivity contribution in [2.45, 2.75) is 63.9 Å². The molecule has 1 N–H and O–H groups in total. The van der Waals surface area contributed by atoms with Crippen molar-refractivity contribution in [3.63, 3.8) is 0 Å². The van der Waals surface area contributed by atoms with E-state index in [1.165, 1.54) is 6.42 Å². The molecule has 0 bridgehead atoms. The highest BCUT2D eigenvalue weighted by Gasteiger charge is 2.51. The van der Waals surface area contributed by atoms with Crippen LogP contribution in [0.2, 0.25) is 0 Å². The molecule has 0 amide bonds. The number of rotatable bonds is 2. The largest absolute Gasteiger partial charge is 0.388 e. The van der Waals surface area contributed by atoms with Crippen LogP contribution in [0.5, 0.6) is 0 Å². The molecule has 1 saturated carbocycles. The fraction of sp³-hybridized carbons (Fsp3) is 0.938. The quantitative estimate of drug-likeness (QED) is 0.834. The molecule has 3 heteroatoms. The zero-order valence-electron chi connectivity index (χ0n) is 12.5. The molecule has 0 spiro atoms. The zero-order chi connectivity index (χ0) is 13.9. The molecule has 1 heterocycles. The lowest BCUT2D eigenvalue weighted by atomic mass is 9.59. The van der Waals surface area contributed by atoms with Crippen LogP contribution in [0, 0.1) is 22.7 Å². The molecular weight excluding hydrogens is 236 g/mol. The molecule has 2 fully saturated rings. The standard InChI is InChI=1S/C16H28N2O/c1-3-14-5-8-15(13-17,9-6-14)16(19)7-4-11-18(2)12-10-16/h14,19H,3-12H2,1-2H3. The maximum Gasteiger partial charge on any atom is 0.0861 e. The summed E-state index contributed by atoms with van der Waals surface area (Å²) in [7, 11) is 2.11. The summed E-state index contributed by atoms with van der Waals surface area (Å²) in [5.41, 5.74) is -1.24. The van der Waals surface area contributed by atoms with Gasteiger partial charge in [-0.25, -0.2) is 0 Å². The zero-order valence-corrected chi connectivity index (χ0v) is 12.5. The lowest BCUT2D eigenvalue weighted by molar-refractivity contribution is -0.0875. The van der Waals surface area contributed by atoms with E-state index in [1.807, 2.05) is 0 Å². The molecule has 2 rings (SSSR count). The Labute approximate surface area is 117 Å². The van der Waals surface area contributed by atoms with Crippen molar-refractivity contribution in [3.05, 3.63) is 0 Å². The van der Waals surface area contributed by atoms with Gasteiger partial charge in [0.25, 0.3) is 0 Å². The van der Waals surface area contributed by atoms with Crippen molar-refractivity contribution in [2.75, 3.05) is 20.1 Å². The van der Waals surface area contributed by atoms with E-state index in [2.05, 4.69) is 24.9 Å². The summed E-state index contributed by atoms with van der Waals surface area (Å²) >= 11 is 0. The van der Waals surface area contributed by atoms with Gasteiger partial charge in [-0.15, -0.1) is 0 Å². The highest BCUT2D eigenvalue weighted by molar-refractivity contribution is 5.13. The van der Waals surface area contributed by atoms with Crippen LogP contribution in [0.15, 0.2) is 0 Å². The fourth-order valence-electron chi connectivity index (χ4n) is 3.99. The molecule has 1 unspecified atom stereocenters. The van der Waals surface area contributed by atoms with E-state index < -0.39 is 11.0 Å². The van der Waals surface area contributed by atoms with Gasteiger partial charge in [0.1, 0.15) is 0 Å². The average Bonchev–Trinajstić information content (AvgIpc) is 2.62. The summed E-state index contributed by atoms with van der Waals surface area (Å²) in [6.45, 7) is 4.19. The topological polar surface area (TPSA) is 47.3 Å². The first-order valence-electron chi connectivity index (χ1n) is 7.87. The van der Waals surface area contributed by atoms with Crippen molar-refractivity contribution < 1.29 is 5.11 Å². The minimum absolute atomic E-state index is 0.482. The molecule has 1 aliphatic heterocycles. The van der Waals surface area contributed by atoms with Crippen LogP contribution in [0.1, 0.15) is 58.3 Å². The molecule has 3 nitrogen and oxygen atoms in total. The van der Waals surface area contributed by atoms with Crippen molar-refractivity contribution in [1.29, 1.82) is 5.26 Å². The van der Waals surface area contributed by atoms with Crippen molar-refractivity contribution in [3.8, 4) is 6.07 Å². The minimum atomic E-state index is -0.759. The van der Waals surface area contributed by atoms with Gasteiger partial charge in [-0.05, 0) is 64.5 Å². The fourth-order valence-corrected chi connectivity index (χ4v) is 3.99. The van der Waals surface area contributed by atoms with Gasteiger partial charge in [-0.1, -0.05) is 13.3 Å². The van der Waals surface area contributed by atoms with E-state index in [9.17, 15) is 10.4 Å². The van der Waals surface area contributed by atoms with E-state index in [4.69, 9.17) is 0 Å². The smallest absolute Gasteiger partial charge is 0.0861 e. The number of aliphatic hydroxyl groups is 1. The Balaban J connectivity index is 2.14. The predicted octanol–water partition coefficient (Wildman–Crippen LogP) is 2.94. The highest BCUT2D eigenvalue weighted by Crippen LogP contribution is 2.50. The molecule has 0 radical (unpaired) electrons. The van der Waals surface area contributed by atoms with Crippen molar-refractivity contribution in [1.82, 2.24) is 4.90 Å².